The van der Waals surface area contributed by atoms with Crippen LogP contribution in [0.1, 0.15) is 25.7 Å². The first-order valence-corrected chi connectivity index (χ1v) is 5.33. The van der Waals surface area contributed by atoms with Crippen LogP contribution >= 0.6 is 0 Å². The van der Waals surface area contributed by atoms with Crippen molar-refractivity contribution < 1.29 is 0 Å². The summed E-state index contributed by atoms with van der Waals surface area (Å²) in [6.07, 6.45) is 6.92. The predicted molar refractivity (Wildman–Crippen MR) is 63.6 cm³/mol. The van der Waals surface area contributed by atoms with E-state index in [9.17, 15) is 0 Å². The van der Waals surface area contributed by atoms with Crippen LogP contribution in [0.4, 0.5) is 5.69 Å². The number of nitrogens with one attached hydrogen (secondary N) is 1. The first-order valence-electron chi connectivity index (χ1n) is 5.33. The van der Waals surface area contributed by atoms with Crippen molar-refractivity contribution in [2.45, 2.75) is 25.7 Å². The molecular formula is C13H19N. The lowest BCUT2D eigenvalue weighted by atomic mass is 10.2. The number of benzene rings is 1. The zero-order valence-electron chi connectivity index (χ0n) is 8.71. The van der Waals surface area contributed by atoms with Gasteiger partial charge in [0.2, 0.25) is 0 Å². The van der Waals surface area contributed by atoms with Gasteiger partial charge in [-0.1, -0.05) is 30.7 Å². The van der Waals surface area contributed by atoms with E-state index < -0.39 is 0 Å². The van der Waals surface area contributed by atoms with Crippen molar-refractivity contribution in [2.24, 2.45) is 0 Å². The molecule has 0 spiro atoms. The highest BCUT2D eigenvalue weighted by atomic mass is 14.9. The lowest BCUT2D eigenvalue weighted by Crippen LogP contribution is -2.00. The average Bonchev–Trinajstić information content (AvgIpc) is 2.25. The Labute approximate surface area is 86.8 Å². The van der Waals surface area contributed by atoms with Gasteiger partial charge < -0.3 is 5.32 Å². The third-order valence-corrected chi connectivity index (χ3v) is 2.19. The number of unbranched alkanes of at least 4 members (excludes halogenated alkanes) is 3. The van der Waals surface area contributed by atoms with Gasteiger partial charge in [-0.15, -0.1) is 6.58 Å². The molecule has 0 saturated heterocycles. The molecule has 0 aliphatic carbocycles. The van der Waals surface area contributed by atoms with Crippen LogP contribution in [0.2, 0.25) is 0 Å². The molecule has 0 aliphatic heterocycles. The van der Waals surface area contributed by atoms with Crippen LogP contribution in [0.3, 0.4) is 0 Å². The van der Waals surface area contributed by atoms with Gasteiger partial charge in [-0.3, -0.25) is 0 Å². The minimum Gasteiger partial charge on any atom is -0.385 e. The topological polar surface area (TPSA) is 12.0 Å². The molecule has 1 rings (SSSR count). The molecule has 1 heteroatoms. The lowest BCUT2D eigenvalue weighted by Gasteiger charge is -2.04. The Bertz CT molecular complexity index is 241. The highest BCUT2D eigenvalue weighted by Gasteiger charge is 1.89. The monoisotopic (exact) mass is 189 g/mol. The first-order chi connectivity index (χ1) is 6.93. The molecule has 0 aliphatic rings. The number of rotatable bonds is 7. The molecule has 0 heterocycles. The summed E-state index contributed by atoms with van der Waals surface area (Å²) in [4.78, 5) is 0. The Balaban J connectivity index is 2.02. The molecule has 1 aromatic carbocycles. The summed E-state index contributed by atoms with van der Waals surface area (Å²) in [5.74, 6) is 0. The van der Waals surface area contributed by atoms with E-state index in [1.807, 2.05) is 12.1 Å². The third-order valence-electron chi connectivity index (χ3n) is 2.19. The molecule has 0 atom stereocenters. The van der Waals surface area contributed by atoms with Gasteiger partial charge in [0.15, 0.2) is 0 Å². The van der Waals surface area contributed by atoms with Gasteiger partial charge in [-0.05, 0) is 31.4 Å². The largest absolute Gasteiger partial charge is 0.385 e. The molecule has 76 valence electrons. The second kappa shape index (κ2) is 7.19. The van der Waals surface area contributed by atoms with Crippen molar-refractivity contribution in [3.8, 4) is 0 Å². The van der Waals surface area contributed by atoms with Crippen molar-refractivity contribution in [2.75, 3.05) is 11.9 Å². The summed E-state index contributed by atoms with van der Waals surface area (Å²) >= 11 is 0. The highest BCUT2D eigenvalue weighted by Crippen LogP contribution is 2.06. The third kappa shape index (κ3) is 4.70. The molecule has 0 fully saturated rings. The Morgan fingerprint density at radius 2 is 1.86 bits per heavy atom. The van der Waals surface area contributed by atoms with E-state index >= 15 is 0 Å². The number of para-hydroxylation sites is 1. The Kier molecular flexibility index (Phi) is 5.57. The van der Waals surface area contributed by atoms with E-state index in [1.54, 1.807) is 0 Å². The smallest absolute Gasteiger partial charge is 0.0340 e. The summed E-state index contributed by atoms with van der Waals surface area (Å²) in [6.45, 7) is 4.78. The molecule has 0 saturated carbocycles. The first kappa shape index (κ1) is 10.8. The molecular weight excluding hydrogens is 170 g/mol. The van der Waals surface area contributed by atoms with Gasteiger partial charge in [0.05, 0.1) is 0 Å². The van der Waals surface area contributed by atoms with Crippen LogP contribution in [0, 0.1) is 0 Å². The van der Waals surface area contributed by atoms with Gasteiger partial charge >= 0.3 is 0 Å². The molecule has 1 N–H and O–H groups in total. The SMILES string of the molecule is C=CCCCCCNc1ccccc1. The van der Waals surface area contributed by atoms with E-state index in [2.05, 4.69) is 36.2 Å². The van der Waals surface area contributed by atoms with E-state index in [1.165, 1.54) is 24.9 Å². The predicted octanol–water partition coefficient (Wildman–Crippen LogP) is 3.84. The standard InChI is InChI=1S/C13H19N/c1-2-3-4-5-9-12-14-13-10-7-6-8-11-13/h2,6-8,10-11,14H,1,3-5,9,12H2. The maximum atomic E-state index is 3.71. The van der Waals surface area contributed by atoms with E-state index in [-0.39, 0.29) is 0 Å². The summed E-state index contributed by atoms with van der Waals surface area (Å²) in [5.41, 5.74) is 1.22. The number of hydrogen-bond acceptors (Lipinski definition) is 1. The van der Waals surface area contributed by atoms with E-state index in [0.29, 0.717) is 0 Å². The van der Waals surface area contributed by atoms with Crippen molar-refractivity contribution in [3.05, 3.63) is 43.0 Å². The van der Waals surface area contributed by atoms with Crippen molar-refractivity contribution in [1.82, 2.24) is 0 Å². The molecule has 0 bridgehead atoms. The zero-order chi connectivity index (χ0) is 10.1. The Hall–Kier alpha value is -1.24. The molecule has 0 radical (unpaired) electrons. The second-order valence-electron chi connectivity index (χ2n) is 3.43. The average molecular weight is 189 g/mol. The number of anilines is 1. The van der Waals surface area contributed by atoms with E-state index in [4.69, 9.17) is 0 Å². The Morgan fingerprint density at radius 3 is 2.57 bits per heavy atom. The summed E-state index contributed by atoms with van der Waals surface area (Å²) in [6, 6.07) is 10.4. The fourth-order valence-electron chi connectivity index (χ4n) is 1.38. The second-order valence-corrected chi connectivity index (χ2v) is 3.43. The maximum Gasteiger partial charge on any atom is 0.0340 e. The molecule has 0 amide bonds. The number of hydrogen-bond donors (Lipinski definition) is 1. The minimum absolute atomic E-state index is 1.07. The van der Waals surface area contributed by atoms with Gasteiger partial charge in [0.25, 0.3) is 0 Å². The summed E-state index contributed by atoms with van der Waals surface area (Å²) in [7, 11) is 0. The molecule has 0 unspecified atom stereocenters. The van der Waals surface area contributed by atoms with Crippen LogP contribution < -0.4 is 5.32 Å². The zero-order valence-corrected chi connectivity index (χ0v) is 8.71. The maximum absolute atomic E-state index is 3.71. The summed E-state index contributed by atoms with van der Waals surface area (Å²) < 4.78 is 0. The normalized spacial score (nSPS) is 9.71. The van der Waals surface area contributed by atoms with Crippen LogP contribution in [0.5, 0.6) is 0 Å². The van der Waals surface area contributed by atoms with Crippen LogP contribution in [-0.4, -0.2) is 6.54 Å². The fourth-order valence-corrected chi connectivity index (χ4v) is 1.38. The highest BCUT2D eigenvalue weighted by molar-refractivity contribution is 5.42. The van der Waals surface area contributed by atoms with Crippen LogP contribution in [-0.2, 0) is 0 Å². The van der Waals surface area contributed by atoms with Crippen LogP contribution in [0.15, 0.2) is 43.0 Å². The van der Waals surface area contributed by atoms with Crippen molar-refractivity contribution >= 4 is 5.69 Å². The van der Waals surface area contributed by atoms with Crippen LogP contribution in [0.25, 0.3) is 0 Å². The molecule has 1 aromatic rings. The van der Waals surface area contributed by atoms with Gasteiger partial charge in [-0.2, -0.15) is 0 Å². The molecule has 1 nitrogen and oxygen atoms in total. The van der Waals surface area contributed by atoms with Crippen molar-refractivity contribution in [1.29, 1.82) is 0 Å². The minimum atomic E-state index is 1.07. The molecule has 0 aromatic heterocycles. The summed E-state index contributed by atoms with van der Waals surface area (Å²) in [5, 5.41) is 3.40. The Morgan fingerprint density at radius 1 is 1.07 bits per heavy atom. The molecule has 14 heavy (non-hydrogen) atoms. The van der Waals surface area contributed by atoms with Crippen molar-refractivity contribution in [3.63, 3.8) is 0 Å². The lowest BCUT2D eigenvalue weighted by molar-refractivity contribution is 0.709. The van der Waals surface area contributed by atoms with Gasteiger partial charge in [0, 0.05) is 12.2 Å². The quantitative estimate of drug-likeness (QED) is 0.507. The fraction of sp³-hybridized carbons (Fsp3) is 0.385. The van der Waals surface area contributed by atoms with E-state index in [0.717, 1.165) is 13.0 Å². The van der Waals surface area contributed by atoms with Gasteiger partial charge in [-0.25, -0.2) is 0 Å². The number of allylic oxidation sites excluding steroid dienone is 1. The van der Waals surface area contributed by atoms with Gasteiger partial charge in [0.1, 0.15) is 0 Å².